The van der Waals surface area contributed by atoms with E-state index in [1.54, 1.807) is 12.1 Å². The SMILES string of the molecule is COc1cc(-n2cccc2)c(Cl)cc1C(=O)NOCc1ccccc1. The number of nitrogens with zero attached hydrogens (tertiary/aromatic N) is 1. The number of carbonyl (C=O) groups is 1. The molecule has 3 rings (SSSR count). The lowest BCUT2D eigenvalue weighted by molar-refractivity contribution is 0.0231. The zero-order chi connectivity index (χ0) is 17.6. The van der Waals surface area contributed by atoms with Gasteiger partial charge in [-0.3, -0.25) is 9.63 Å². The lowest BCUT2D eigenvalue weighted by Crippen LogP contribution is -2.24. The van der Waals surface area contributed by atoms with Crippen LogP contribution in [-0.2, 0) is 11.4 Å². The van der Waals surface area contributed by atoms with Crippen molar-refractivity contribution in [3.05, 3.63) is 83.1 Å². The van der Waals surface area contributed by atoms with Crippen LogP contribution in [-0.4, -0.2) is 17.6 Å². The van der Waals surface area contributed by atoms with E-state index in [2.05, 4.69) is 5.48 Å². The first-order valence-electron chi connectivity index (χ1n) is 7.66. The quantitative estimate of drug-likeness (QED) is 0.679. The Hall–Kier alpha value is -2.76. The second kappa shape index (κ2) is 7.88. The van der Waals surface area contributed by atoms with Crippen LogP contribution in [0.15, 0.2) is 67.0 Å². The van der Waals surface area contributed by atoms with Crippen molar-refractivity contribution < 1.29 is 14.4 Å². The van der Waals surface area contributed by atoms with Gasteiger partial charge in [0.05, 0.1) is 30.0 Å². The number of ether oxygens (including phenoxy) is 1. The van der Waals surface area contributed by atoms with Crippen LogP contribution >= 0.6 is 11.6 Å². The standard InChI is InChI=1S/C19H17ClN2O3/c1-24-18-12-17(22-9-5-6-10-22)16(20)11-15(18)19(23)21-25-13-14-7-3-2-4-8-14/h2-12H,13H2,1H3,(H,21,23). The number of aromatic nitrogens is 1. The highest BCUT2D eigenvalue weighted by atomic mass is 35.5. The van der Waals surface area contributed by atoms with Gasteiger partial charge in [0.15, 0.2) is 0 Å². The molecule has 0 fully saturated rings. The Labute approximate surface area is 150 Å². The molecule has 3 aromatic rings. The molecule has 2 aromatic carbocycles. The number of hydrogen-bond acceptors (Lipinski definition) is 3. The minimum Gasteiger partial charge on any atom is -0.496 e. The lowest BCUT2D eigenvalue weighted by atomic mass is 10.1. The fraction of sp³-hybridized carbons (Fsp3) is 0.105. The first-order chi connectivity index (χ1) is 12.2. The van der Waals surface area contributed by atoms with E-state index in [0.717, 1.165) is 11.3 Å². The summed E-state index contributed by atoms with van der Waals surface area (Å²) in [6, 6.07) is 16.6. The van der Waals surface area contributed by atoms with Gasteiger partial charge in [-0.25, -0.2) is 5.48 Å². The van der Waals surface area contributed by atoms with E-state index >= 15 is 0 Å². The van der Waals surface area contributed by atoms with Crippen molar-refractivity contribution >= 4 is 17.5 Å². The zero-order valence-electron chi connectivity index (χ0n) is 13.6. The van der Waals surface area contributed by atoms with Gasteiger partial charge in [-0.1, -0.05) is 41.9 Å². The molecule has 0 saturated carbocycles. The minimum absolute atomic E-state index is 0.268. The van der Waals surface area contributed by atoms with E-state index in [4.69, 9.17) is 21.2 Å². The number of rotatable bonds is 6. The topological polar surface area (TPSA) is 52.5 Å². The second-order valence-corrected chi connectivity index (χ2v) is 5.71. The number of halogens is 1. The maximum absolute atomic E-state index is 12.4. The normalized spacial score (nSPS) is 10.5. The van der Waals surface area contributed by atoms with Gasteiger partial charge in [-0.15, -0.1) is 0 Å². The third kappa shape index (κ3) is 4.02. The van der Waals surface area contributed by atoms with Crippen molar-refractivity contribution in [2.45, 2.75) is 6.61 Å². The maximum Gasteiger partial charge on any atom is 0.278 e. The van der Waals surface area contributed by atoms with Crippen LogP contribution < -0.4 is 10.2 Å². The fourth-order valence-electron chi connectivity index (χ4n) is 2.40. The summed E-state index contributed by atoms with van der Waals surface area (Å²) in [5.74, 6) is -0.0114. The predicted octanol–water partition coefficient (Wildman–Crippen LogP) is 4.00. The Balaban J connectivity index is 1.74. The molecule has 6 heteroatoms. The zero-order valence-corrected chi connectivity index (χ0v) is 14.4. The summed E-state index contributed by atoms with van der Waals surface area (Å²) in [6.07, 6.45) is 3.73. The van der Waals surface area contributed by atoms with Gasteiger partial charge in [0.2, 0.25) is 0 Å². The third-order valence-electron chi connectivity index (χ3n) is 3.64. The summed E-state index contributed by atoms with van der Waals surface area (Å²) < 4.78 is 7.18. The Kier molecular flexibility index (Phi) is 5.38. The number of benzene rings is 2. The molecule has 0 atom stereocenters. The van der Waals surface area contributed by atoms with Crippen LogP contribution in [0.1, 0.15) is 15.9 Å². The molecule has 0 aliphatic carbocycles. The molecule has 1 amide bonds. The highest BCUT2D eigenvalue weighted by Gasteiger charge is 2.16. The Morgan fingerprint density at radius 1 is 1.12 bits per heavy atom. The van der Waals surface area contributed by atoms with Crippen molar-refractivity contribution in [1.82, 2.24) is 10.0 Å². The Morgan fingerprint density at radius 3 is 2.52 bits per heavy atom. The molecule has 0 radical (unpaired) electrons. The molecule has 0 spiro atoms. The molecule has 1 heterocycles. The lowest BCUT2D eigenvalue weighted by Gasteiger charge is -2.13. The molecule has 0 bridgehead atoms. The number of amides is 1. The second-order valence-electron chi connectivity index (χ2n) is 5.30. The first kappa shape index (κ1) is 17.1. The molecule has 0 saturated heterocycles. The average molecular weight is 357 g/mol. The largest absolute Gasteiger partial charge is 0.496 e. The molecule has 1 aromatic heterocycles. The van der Waals surface area contributed by atoms with Crippen molar-refractivity contribution in [2.75, 3.05) is 7.11 Å². The van der Waals surface area contributed by atoms with Crippen LogP contribution in [0.2, 0.25) is 5.02 Å². The number of hydroxylamine groups is 1. The maximum atomic E-state index is 12.4. The van der Waals surface area contributed by atoms with Crippen molar-refractivity contribution in [1.29, 1.82) is 0 Å². The molecule has 0 aliphatic heterocycles. The Bertz CT molecular complexity index is 849. The highest BCUT2D eigenvalue weighted by molar-refractivity contribution is 6.33. The predicted molar refractivity (Wildman–Crippen MR) is 96.0 cm³/mol. The minimum atomic E-state index is -0.422. The number of hydrogen-bond donors (Lipinski definition) is 1. The van der Waals surface area contributed by atoms with Crippen LogP contribution in [0, 0.1) is 0 Å². The van der Waals surface area contributed by atoms with E-state index < -0.39 is 5.91 Å². The van der Waals surface area contributed by atoms with E-state index in [9.17, 15) is 4.79 Å². The van der Waals surface area contributed by atoms with E-state index in [1.165, 1.54) is 7.11 Å². The van der Waals surface area contributed by atoms with Crippen molar-refractivity contribution in [3.8, 4) is 11.4 Å². The van der Waals surface area contributed by atoms with Gasteiger partial charge in [0, 0.05) is 18.5 Å². The number of methoxy groups -OCH3 is 1. The van der Waals surface area contributed by atoms with E-state index in [0.29, 0.717) is 16.3 Å². The molecular weight excluding hydrogens is 340 g/mol. The summed E-state index contributed by atoms with van der Waals surface area (Å²) in [7, 11) is 1.50. The van der Waals surface area contributed by atoms with Crippen molar-refractivity contribution in [2.24, 2.45) is 0 Å². The summed E-state index contributed by atoms with van der Waals surface area (Å²) in [5, 5.41) is 0.435. The van der Waals surface area contributed by atoms with Gasteiger partial charge < -0.3 is 9.30 Å². The van der Waals surface area contributed by atoms with Gasteiger partial charge in [-0.05, 0) is 23.8 Å². The molecule has 0 aliphatic rings. The molecular formula is C19H17ClN2O3. The smallest absolute Gasteiger partial charge is 0.278 e. The number of carbonyl (C=O) groups excluding carboxylic acids is 1. The van der Waals surface area contributed by atoms with Gasteiger partial charge in [0.1, 0.15) is 5.75 Å². The Morgan fingerprint density at radius 2 is 1.84 bits per heavy atom. The van der Waals surface area contributed by atoms with Crippen LogP contribution in [0.4, 0.5) is 0 Å². The van der Waals surface area contributed by atoms with E-state index in [-0.39, 0.29) is 6.61 Å². The fourth-order valence-corrected chi connectivity index (χ4v) is 2.66. The molecule has 25 heavy (non-hydrogen) atoms. The monoisotopic (exact) mass is 356 g/mol. The summed E-state index contributed by atoms with van der Waals surface area (Å²) in [6.45, 7) is 0.268. The molecule has 1 N–H and O–H groups in total. The van der Waals surface area contributed by atoms with Crippen molar-refractivity contribution in [3.63, 3.8) is 0 Å². The number of nitrogens with one attached hydrogen (secondary N) is 1. The highest BCUT2D eigenvalue weighted by Crippen LogP contribution is 2.30. The molecule has 0 unspecified atom stereocenters. The van der Waals surface area contributed by atoms with Crippen LogP contribution in [0.25, 0.3) is 5.69 Å². The van der Waals surface area contributed by atoms with Gasteiger partial charge >= 0.3 is 0 Å². The van der Waals surface area contributed by atoms with Gasteiger partial charge in [0.25, 0.3) is 5.91 Å². The van der Waals surface area contributed by atoms with Crippen LogP contribution in [0.5, 0.6) is 5.75 Å². The summed E-state index contributed by atoms with van der Waals surface area (Å²) in [4.78, 5) is 17.7. The summed E-state index contributed by atoms with van der Waals surface area (Å²) >= 11 is 6.33. The molecule has 5 nitrogen and oxygen atoms in total. The van der Waals surface area contributed by atoms with Crippen LogP contribution in [0.3, 0.4) is 0 Å². The average Bonchev–Trinajstić information content (AvgIpc) is 3.16. The molecule has 128 valence electrons. The summed E-state index contributed by atoms with van der Waals surface area (Å²) in [5.41, 5.74) is 4.40. The van der Waals surface area contributed by atoms with Gasteiger partial charge in [-0.2, -0.15) is 0 Å². The third-order valence-corrected chi connectivity index (χ3v) is 3.95. The first-order valence-corrected chi connectivity index (χ1v) is 8.04. The van der Waals surface area contributed by atoms with E-state index in [1.807, 2.05) is 59.4 Å².